The number of carbonyl (C=O) groups is 3. The van der Waals surface area contributed by atoms with Crippen LogP contribution >= 0.6 is 0 Å². The van der Waals surface area contributed by atoms with Crippen molar-refractivity contribution in [1.82, 2.24) is 0 Å². The molecule has 0 aromatic heterocycles. The lowest BCUT2D eigenvalue weighted by Crippen LogP contribution is -2.33. The molecule has 0 radical (unpaired) electrons. The Morgan fingerprint density at radius 3 is 2.25 bits per heavy atom. The summed E-state index contributed by atoms with van der Waals surface area (Å²) >= 11 is 0. The first-order valence-corrected chi connectivity index (χ1v) is 9.26. The molecule has 0 spiro atoms. The van der Waals surface area contributed by atoms with Crippen molar-refractivity contribution in [3.8, 4) is 0 Å². The molecule has 1 saturated heterocycles. The van der Waals surface area contributed by atoms with E-state index in [4.69, 9.17) is 0 Å². The maximum absolute atomic E-state index is 13.0. The van der Waals surface area contributed by atoms with Crippen molar-refractivity contribution in [3.63, 3.8) is 0 Å². The number of fused-ring (bicyclic) bond motifs is 5. The Kier molecular flexibility index (Phi) is 3.69. The third-order valence-electron chi connectivity index (χ3n) is 5.94. The van der Waals surface area contributed by atoms with Gasteiger partial charge in [-0.05, 0) is 60.7 Å². The zero-order chi connectivity index (χ0) is 19.4. The smallest absolute Gasteiger partial charge is 0.255 e. The van der Waals surface area contributed by atoms with Gasteiger partial charge in [-0.25, -0.2) is 9.29 Å². The number of hydrogen-bond acceptors (Lipinski definition) is 3. The van der Waals surface area contributed by atoms with Crippen molar-refractivity contribution in [2.75, 3.05) is 10.2 Å². The van der Waals surface area contributed by atoms with Crippen LogP contribution in [-0.4, -0.2) is 17.7 Å². The number of halogens is 1. The minimum atomic E-state index is -0.394. The maximum atomic E-state index is 13.0. The summed E-state index contributed by atoms with van der Waals surface area (Å²) in [6.45, 7) is 0. The molecule has 3 amide bonds. The number of rotatable bonds is 3. The fraction of sp³-hybridized carbons (Fsp3) is 0.227. The number of benzene rings is 2. The lowest BCUT2D eigenvalue weighted by molar-refractivity contribution is -0.123. The van der Waals surface area contributed by atoms with Crippen LogP contribution in [0, 0.1) is 29.5 Å². The summed E-state index contributed by atoms with van der Waals surface area (Å²) in [4.78, 5) is 39.6. The van der Waals surface area contributed by atoms with E-state index in [1.807, 2.05) is 12.2 Å². The molecule has 2 aromatic rings. The molecule has 1 N–H and O–H groups in total. The summed E-state index contributed by atoms with van der Waals surface area (Å²) in [5.74, 6) is -1.42. The van der Waals surface area contributed by atoms with Crippen LogP contribution in [0.25, 0.3) is 0 Å². The SMILES string of the molecule is O=C(Nc1ccc(F)cc1)c1cccc(N2C(=O)[C@@H]3[C@@H](C2=O)[C@H]2C=C[C@@H]3C2)c1. The summed E-state index contributed by atoms with van der Waals surface area (Å²) < 4.78 is 13.0. The summed E-state index contributed by atoms with van der Waals surface area (Å²) in [6.07, 6.45) is 4.97. The normalized spacial score (nSPS) is 27.4. The van der Waals surface area contributed by atoms with E-state index in [2.05, 4.69) is 5.32 Å². The van der Waals surface area contributed by atoms with Crippen molar-refractivity contribution >= 4 is 29.1 Å². The Hall–Kier alpha value is -3.28. The van der Waals surface area contributed by atoms with E-state index >= 15 is 0 Å². The predicted octanol–water partition coefficient (Wildman–Crippen LogP) is 3.39. The van der Waals surface area contributed by atoms with E-state index in [1.165, 1.54) is 29.2 Å². The summed E-state index contributed by atoms with van der Waals surface area (Å²) in [7, 11) is 0. The number of carbonyl (C=O) groups excluding carboxylic acids is 3. The van der Waals surface area contributed by atoms with Crippen LogP contribution in [-0.2, 0) is 9.59 Å². The van der Waals surface area contributed by atoms with Gasteiger partial charge in [-0.2, -0.15) is 0 Å². The predicted molar refractivity (Wildman–Crippen MR) is 101 cm³/mol. The van der Waals surface area contributed by atoms with Crippen molar-refractivity contribution < 1.29 is 18.8 Å². The Bertz CT molecular complexity index is 1000. The van der Waals surface area contributed by atoms with Gasteiger partial charge >= 0.3 is 0 Å². The van der Waals surface area contributed by atoms with Crippen LogP contribution in [0.2, 0.25) is 0 Å². The minimum absolute atomic E-state index is 0.140. The Labute approximate surface area is 160 Å². The van der Waals surface area contributed by atoms with E-state index in [9.17, 15) is 18.8 Å². The Morgan fingerprint density at radius 2 is 1.61 bits per heavy atom. The lowest BCUT2D eigenvalue weighted by Gasteiger charge is -2.18. The highest BCUT2D eigenvalue weighted by atomic mass is 19.1. The van der Waals surface area contributed by atoms with Gasteiger partial charge in [-0.1, -0.05) is 18.2 Å². The standard InChI is InChI=1S/C22H17FN2O3/c23-15-6-8-16(9-7-15)24-20(26)14-2-1-3-17(11-14)25-21(27)18-12-4-5-13(10-12)19(18)22(25)28/h1-9,11-13,18-19H,10H2,(H,24,26)/t12-,13+,18-,19-/m0/s1. The van der Waals surface area contributed by atoms with E-state index in [1.54, 1.807) is 24.3 Å². The molecule has 3 aliphatic rings. The van der Waals surface area contributed by atoms with Crippen molar-refractivity contribution in [2.45, 2.75) is 6.42 Å². The molecule has 140 valence electrons. The van der Waals surface area contributed by atoms with E-state index in [0.717, 1.165) is 6.42 Å². The van der Waals surface area contributed by atoms with Crippen LogP contribution < -0.4 is 10.2 Å². The number of anilines is 2. The molecule has 2 aliphatic carbocycles. The van der Waals surface area contributed by atoms with Gasteiger partial charge < -0.3 is 5.32 Å². The maximum Gasteiger partial charge on any atom is 0.255 e. The second kappa shape index (κ2) is 6.12. The minimum Gasteiger partial charge on any atom is -0.322 e. The third-order valence-corrected chi connectivity index (χ3v) is 5.94. The molecular formula is C22H17FN2O3. The average Bonchev–Trinajstić information content (AvgIpc) is 3.37. The summed E-state index contributed by atoms with van der Waals surface area (Å²) in [5, 5.41) is 2.69. The molecule has 4 atom stereocenters. The monoisotopic (exact) mass is 376 g/mol. The van der Waals surface area contributed by atoms with E-state index < -0.39 is 5.91 Å². The highest BCUT2D eigenvalue weighted by Crippen LogP contribution is 2.53. The fourth-order valence-corrected chi connectivity index (χ4v) is 4.68. The van der Waals surface area contributed by atoms with Gasteiger partial charge in [0.2, 0.25) is 11.8 Å². The highest BCUT2D eigenvalue weighted by molar-refractivity contribution is 6.23. The zero-order valence-corrected chi connectivity index (χ0v) is 14.8. The van der Waals surface area contributed by atoms with Gasteiger partial charge in [0.1, 0.15) is 5.82 Å². The van der Waals surface area contributed by atoms with Gasteiger partial charge in [0.15, 0.2) is 0 Å². The van der Waals surface area contributed by atoms with Gasteiger partial charge in [-0.3, -0.25) is 14.4 Å². The van der Waals surface area contributed by atoms with Crippen molar-refractivity contribution in [2.24, 2.45) is 23.7 Å². The van der Waals surface area contributed by atoms with Crippen LogP contribution in [0.1, 0.15) is 16.8 Å². The number of nitrogens with one attached hydrogen (secondary N) is 1. The van der Waals surface area contributed by atoms with E-state index in [-0.39, 0.29) is 41.3 Å². The second-order valence-electron chi connectivity index (χ2n) is 7.52. The number of nitrogens with zero attached hydrogens (tertiary/aromatic N) is 1. The first-order chi connectivity index (χ1) is 13.5. The topological polar surface area (TPSA) is 66.5 Å². The lowest BCUT2D eigenvalue weighted by atomic mass is 9.85. The van der Waals surface area contributed by atoms with Gasteiger partial charge in [-0.15, -0.1) is 0 Å². The largest absolute Gasteiger partial charge is 0.322 e. The molecular weight excluding hydrogens is 359 g/mol. The van der Waals surface area contributed by atoms with Gasteiger partial charge in [0.05, 0.1) is 17.5 Å². The summed E-state index contributed by atoms with van der Waals surface area (Å²) in [5.41, 5.74) is 1.19. The Balaban J connectivity index is 1.40. The third kappa shape index (κ3) is 2.48. The Morgan fingerprint density at radius 1 is 0.964 bits per heavy atom. The molecule has 28 heavy (non-hydrogen) atoms. The van der Waals surface area contributed by atoms with E-state index in [0.29, 0.717) is 16.9 Å². The molecule has 5 nitrogen and oxygen atoms in total. The number of amides is 3. The van der Waals surface area contributed by atoms with Crippen LogP contribution in [0.4, 0.5) is 15.8 Å². The number of allylic oxidation sites excluding steroid dienone is 2. The van der Waals surface area contributed by atoms with Crippen LogP contribution in [0.3, 0.4) is 0 Å². The quantitative estimate of drug-likeness (QED) is 0.660. The van der Waals surface area contributed by atoms with Crippen molar-refractivity contribution in [1.29, 1.82) is 0 Å². The fourth-order valence-electron chi connectivity index (χ4n) is 4.68. The number of imide groups is 1. The first kappa shape index (κ1) is 16.9. The molecule has 5 rings (SSSR count). The summed E-state index contributed by atoms with van der Waals surface area (Å²) in [6, 6.07) is 11.9. The molecule has 1 heterocycles. The highest BCUT2D eigenvalue weighted by Gasteiger charge is 2.59. The first-order valence-electron chi connectivity index (χ1n) is 9.26. The zero-order valence-electron chi connectivity index (χ0n) is 14.8. The molecule has 1 aliphatic heterocycles. The molecule has 1 saturated carbocycles. The second-order valence-corrected chi connectivity index (χ2v) is 7.52. The van der Waals surface area contributed by atoms with Crippen LogP contribution in [0.5, 0.6) is 0 Å². The average molecular weight is 376 g/mol. The van der Waals surface area contributed by atoms with Crippen LogP contribution in [0.15, 0.2) is 60.7 Å². The number of hydrogen-bond donors (Lipinski definition) is 1. The molecule has 6 heteroatoms. The van der Waals surface area contributed by atoms with Gasteiger partial charge in [0, 0.05) is 11.3 Å². The molecule has 0 unspecified atom stereocenters. The molecule has 2 bridgehead atoms. The molecule has 2 aromatic carbocycles. The van der Waals surface area contributed by atoms with Gasteiger partial charge in [0.25, 0.3) is 5.91 Å². The molecule has 2 fully saturated rings. The van der Waals surface area contributed by atoms with Crippen molar-refractivity contribution in [3.05, 3.63) is 72.1 Å².